The van der Waals surface area contributed by atoms with E-state index in [2.05, 4.69) is 10.7 Å². The highest BCUT2D eigenvalue weighted by Crippen LogP contribution is 2.31. The molecule has 0 aromatic heterocycles. The summed E-state index contributed by atoms with van der Waals surface area (Å²) >= 11 is 0. The van der Waals surface area contributed by atoms with Crippen LogP contribution in [-0.4, -0.2) is 85.4 Å². The van der Waals surface area contributed by atoms with Gasteiger partial charge in [0.1, 0.15) is 10.8 Å². The molecule has 0 unspecified atom stereocenters. The lowest BCUT2D eigenvalue weighted by Crippen LogP contribution is -2.34. The van der Waals surface area contributed by atoms with E-state index in [0.29, 0.717) is 0 Å². The van der Waals surface area contributed by atoms with E-state index < -0.39 is 71.3 Å². The standard InChI is InChI=1S/2C10H10O6.CH5NO/c2*11-6-1-3-10(4-2-6,9(15)16)5-7(12)8(13)14;1-3-2/h2*1-4,6,11H,5H2,(H,13,14)(H,15,16);2H2,1H3/t2*6-,10+;. The van der Waals surface area contributed by atoms with Crippen molar-refractivity contribution in [2.24, 2.45) is 16.7 Å². The summed E-state index contributed by atoms with van der Waals surface area (Å²) < 4.78 is 0. The number of aliphatic hydroxyl groups is 2. The zero-order valence-corrected chi connectivity index (χ0v) is 18.3. The molecule has 2 aliphatic rings. The molecule has 14 heteroatoms. The molecule has 0 aromatic carbocycles. The largest absolute Gasteiger partial charge is 0.480 e. The van der Waals surface area contributed by atoms with Crippen molar-refractivity contribution in [3.63, 3.8) is 0 Å². The first kappa shape index (κ1) is 31.0. The Balaban J connectivity index is 0.000000594. The van der Waals surface area contributed by atoms with E-state index >= 15 is 0 Å². The minimum Gasteiger partial charge on any atom is -0.480 e. The average Bonchev–Trinajstić information content (AvgIpc) is 2.77. The molecule has 0 radical (unpaired) electrons. The quantitative estimate of drug-likeness (QED) is 0.116. The SMILES string of the molecule is CON.O=C(O)C(=O)C[C@]1(C(=O)O)C=C[C@@H](O)C=C1.O=C(O)C(=O)C[C@]1(C(=O)O)C=C[C@@H](O)C=C1. The van der Waals surface area contributed by atoms with Crippen LogP contribution in [0.2, 0.25) is 0 Å². The molecule has 0 saturated carbocycles. The van der Waals surface area contributed by atoms with Crippen LogP contribution in [0.3, 0.4) is 0 Å². The van der Waals surface area contributed by atoms with Crippen molar-refractivity contribution in [3.05, 3.63) is 48.6 Å². The van der Waals surface area contributed by atoms with Gasteiger partial charge < -0.3 is 35.5 Å². The first-order valence-electron chi connectivity index (χ1n) is 9.52. The van der Waals surface area contributed by atoms with Crippen molar-refractivity contribution >= 4 is 35.4 Å². The third-order valence-corrected chi connectivity index (χ3v) is 4.54. The number of Topliss-reactive ketones (excluding diaryl/α,β-unsaturated/α-hetero) is 2. The number of nitrogens with two attached hydrogens (primary N) is 1. The van der Waals surface area contributed by atoms with E-state index in [-0.39, 0.29) is 0 Å². The summed E-state index contributed by atoms with van der Waals surface area (Å²) in [5.74, 6) is -4.04. The number of rotatable bonds is 8. The average molecular weight is 499 g/mol. The van der Waals surface area contributed by atoms with Gasteiger partial charge in [0.2, 0.25) is 11.6 Å². The summed E-state index contributed by atoms with van der Waals surface area (Å²) in [7, 11) is 1.40. The molecule has 35 heavy (non-hydrogen) atoms. The molecule has 0 aliphatic heterocycles. The Morgan fingerprint density at radius 1 is 0.686 bits per heavy atom. The van der Waals surface area contributed by atoms with Crippen molar-refractivity contribution in [2.45, 2.75) is 25.0 Å². The van der Waals surface area contributed by atoms with Gasteiger partial charge in [-0.1, -0.05) is 48.6 Å². The van der Waals surface area contributed by atoms with Crippen LogP contribution in [0.1, 0.15) is 12.8 Å². The van der Waals surface area contributed by atoms with E-state index in [1.54, 1.807) is 0 Å². The molecule has 0 spiro atoms. The summed E-state index contributed by atoms with van der Waals surface area (Å²) in [6, 6.07) is 0. The molecule has 2 rings (SSSR count). The maximum Gasteiger partial charge on any atom is 0.372 e. The van der Waals surface area contributed by atoms with Crippen LogP contribution in [0, 0.1) is 10.8 Å². The maximum atomic E-state index is 11.0. The zero-order chi connectivity index (χ0) is 27.4. The minimum absolute atomic E-state index is 0.669. The van der Waals surface area contributed by atoms with Gasteiger partial charge in [-0.25, -0.2) is 15.5 Å². The van der Waals surface area contributed by atoms with Crippen molar-refractivity contribution in [3.8, 4) is 0 Å². The lowest BCUT2D eigenvalue weighted by Gasteiger charge is -2.24. The van der Waals surface area contributed by atoms with Crippen LogP contribution >= 0.6 is 0 Å². The number of ketones is 2. The molecule has 0 aromatic rings. The monoisotopic (exact) mass is 499 g/mol. The molecule has 0 atom stereocenters. The maximum absolute atomic E-state index is 11.0. The molecule has 0 bridgehead atoms. The minimum atomic E-state index is -1.67. The molecular weight excluding hydrogens is 474 g/mol. The number of carboxylic acid groups (broad SMARTS) is 4. The molecule has 0 fully saturated rings. The van der Waals surface area contributed by atoms with E-state index in [9.17, 15) is 28.8 Å². The Morgan fingerprint density at radius 2 is 0.914 bits per heavy atom. The number of carbonyl (C=O) groups excluding carboxylic acids is 2. The highest BCUT2D eigenvalue weighted by atomic mass is 16.6. The highest BCUT2D eigenvalue weighted by molar-refractivity contribution is 6.33. The predicted molar refractivity (Wildman–Crippen MR) is 114 cm³/mol. The third-order valence-electron chi connectivity index (χ3n) is 4.54. The lowest BCUT2D eigenvalue weighted by atomic mass is 9.79. The number of hydrogen-bond acceptors (Lipinski definition) is 10. The van der Waals surface area contributed by atoms with Gasteiger partial charge in [-0.2, -0.15) is 0 Å². The second-order valence-corrected chi connectivity index (χ2v) is 7.15. The number of aliphatic hydroxyl groups excluding tert-OH is 2. The van der Waals surface area contributed by atoms with Crippen LogP contribution in [0.5, 0.6) is 0 Å². The van der Waals surface area contributed by atoms with Gasteiger partial charge in [0.25, 0.3) is 0 Å². The fraction of sp³-hybridized carbons (Fsp3) is 0.333. The lowest BCUT2D eigenvalue weighted by molar-refractivity contribution is -0.153. The molecule has 0 amide bonds. The topological polar surface area (TPSA) is 259 Å². The highest BCUT2D eigenvalue weighted by Gasteiger charge is 2.40. The van der Waals surface area contributed by atoms with Gasteiger partial charge in [0, 0.05) is 12.8 Å². The van der Waals surface area contributed by atoms with Crippen molar-refractivity contribution in [1.29, 1.82) is 0 Å². The van der Waals surface area contributed by atoms with Crippen LogP contribution in [0.15, 0.2) is 48.6 Å². The van der Waals surface area contributed by atoms with Crippen molar-refractivity contribution < 1.29 is 64.2 Å². The molecule has 14 nitrogen and oxygen atoms in total. The van der Waals surface area contributed by atoms with Crippen molar-refractivity contribution in [2.75, 3.05) is 7.11 Å². The fourth-order valence-electron chi connectivity index (χ4n) is 2.68. The molecule has 0 heterocycles. The number of hydrogen-bond donors (Lipinski definition) is 7. The zero-order valence-electron chi connectivity index (χ0n) is 18.3. The Hall–Kier alpha value is -3.98. The van der Waals surface area contributed by atoms with E-state index in [4.69, 9.17) is 30.6 Å². The second kappa shape index (κ2) is 13.7. The van der Waals surface area contributed by atoms with Gasteiger partial charge in [-0.05, 0) is 0 Å². The summed E-state index contributed by atoms with van der Waals surface area (Å²) in [6.07, 6.45) is 6.14. The number of aliphatic carboxylic acids is 4. The van der Waals surface area contributed by atoms with Crippen LogP contribution in [0.4, 0.5) is 0 Å². The van der Waals surface area contributed by atoms with Gasteiger partial charge in [-0.15, -0.1) is 0 Å². The molecule has 2 aliphatic carbocycles. The Bertz CT molecular complexity index is 856. The first-order chi connectivity index (χ1) is 16.2. The van der Waals surface area contributed by atoms with Crippen LogP contribution in [0.25, 0.3) is 0 Å². The summed E-state index contributed by atoms with van der Waals surface area (Å²) in [5, 5.41) is 53.0. The van der Waals surface area contributed by atoms with Crippen molar-refractivity contribution in [1.82, 2.24) is 0 Å². The van der Waals surface area contributed by atoms with Crippen LogP contribution < -0.4 is 5.90 Å². The summed E-state index contributed by atoms with van der Waals surface area (Å²) in [5.41, 5.74) is -3.34. The summed E-state index contributed by atoms with van der Waals surface area (Å²) in [4.78, 5) is 68.5. The Labute approximate surface area is 197 Å². The normalized spacial score (nSPS) is 25.8. The van der Waals surface area contributed by atoms with Crippen LogP contribution in [-0.2, 0) is 33.6 Å². The van der Waals surface area contributed by atoms with E-state index in [1.165, 1.54) is 31.4 Å². The smallest absolute Gasteiger partial charge is 0.372 e. The van der Waals surface area contributed by atoms with E-state index in [1.807, 2.05) is 0 Å². The second-order valence-electron chi connectivity index (χ2n) is 7.15. The Morgan fingerprint density at radius 3 is 1.09 bits per heavy atom. The molecule has 8 N–H and O–H groups in total. The molecule has 192 valence electrons. The summed E-state index contributed by atoms with van der Waals surface area (Å²) in [6.45, 7) is 0. The predicted octanol–water partition coefficient (Wildman–Crippen LogP) is -1.32. The third kappa shape index (κ3) is 9.42. The first-order valence-corrected chi connectivity index (χ1v) is 9.52. The number of carboxylic acids is 4. The van der Waals surface area contributed by atoms with Gasteiger partial charge in [-0.3, -0.25) is 19.2 Å². The van der Waals surface area contributed by atoms with E-state index in [0.717, 1.165) is 24.3 Å². The fourth-order valence-corrected chi connectivity index (χ4v) is 2.68. The Kier molecular flexibility index (Phi) is 12.1. The molecule has 0 saturated heterocycles. The number of carbonyl (C=O) groups is 6. The van der Waals surface area contributed by atoms with Gasteiger partial charge in [0.05, 0.1) is 19.3 Å². The molecular formula is C21H25NO13. The van der Waals surface area contributed by atoms with Gasteiger partial charge >= 0.3 is 23.9 Å². The van der Waals surface area contributed by atoms with Gasteiger partial charge in [0.15, 0.2) is 0 Å².